The van der Waals surface area contributed by atoms with Crippen molar-refractivity contribution in [3.8, 4) is 5.75 Å². The molecule has 2 fully saturated rings. The Morgan fingerprint density at radius 1 is 1.15 bits per heavy atom. The maximum atomic E-state index is 9.48. The topological polar surface area (TPSA) is 58.7 Å². The first-order valence-electron chi connectivity index (χ1n) is 7.64. The summed E-state index contributed by atoms with van der Waals surface area (Å²) in [6, 6.07) is 6.11. The van der Waals surface area contributed by atoms with Crippen molar-refractivity contribution in [3.63, 3.8) is 0 Å². The van der Waals surface area contributed by atoms with Gasteiger partial charge in [0.2, 0.25) is 0 Å². The summed E-state index contributed by atoms with van der Waals surface area (Å²) in [7, 11) is 0. The Morgan fingerprint density at radius 2 is 1.90 bits per heavy atom. The van der Waals surface area contributed by atoms with Gasteiger partial charge in [-0.25, -0.2) is 0 Å². The van der Waals surface area contributed by atoms with E-state index in [1.165, 1.54) is 18.4 Å². The molecule has 1 aromatic carbocycles. The van der Waals surface area contributed by atoms with Crippen molar-refractivity contribution in [2.75, 3.05) is 32.0 Å². The molecule has 20 heavy (non-hydrogen) atoms. The Kier molecular flexibility index (Phi) is 4.13. The molecule has 1 saturated carbocycles. The minimum atomic E-state index is -0.109. The molecule has 1 aliphatic heterocycles. The monoisotopic (exact) mass is 276 g/mol. The van der Waals surface area contributed by atoms with Crippen LogP contribution in [0.25, 0.3) is 0 Å². The number of nitrogen functional groups attached to an aromatic ring is 1. The van der Waals surface area contributed by atoms with Gasteiger partial charge in [0, 0.05) is 31.4 Å². The molecule has 1 saturated heterocycles. The van der Waals surface area contributed by atoms with E-state index in [2.05, 4.69) is 17.0 Å². The first-order valence-corrected chi connectivity index (χ1v) is 7.64. The molecule has 1 aliphatic carbocycles. The molecule has 110 valence electrons. The van der Waals surface area contributed by atoms with Crippen LogP contribution in [0.2, 0.25) is 0 Å². The summed E-state index contributed by atoms with van der Waals surface area (Å²) >= 11 is 0. The fourth-order valence-electron chi connectivity index (χ4n) is 2.82. The lowest BCUT2D eigenvalue weighted by Gasteiger charge is -2.29. The minimum Gasteiger partial charge on any atom is -0.492 e. The van der Waals surface area contributed by atoms with Gasteiger partial charge < -0.3 is 15.6 Å². The summed E-state index contributed by atoms with van der Waals surface area (Å²) in [6.07, 6.45) is 4.20. The lowest BCUT2D eigenvalue weighted by atomic mass is 10.1. The number of hydrogen-bond donors (Lipinski definition) is 2. The van der Waals surface area contributed by atoms with Crippen molar-refractivity contribution >= 4 is 5.69 Å². The third-order valence-corrected chi connectivity index (χ3v) is 4.23. The standard InChI is InChI=1S/C16H24N2O2/c17-14-9-13(12-1-2-12)10-16(11-14)20-8-7-18-5-3-15(19)4-6-18/h9-12,15,19H,1-8,17H2. The maximum absolute atomic E-state index is 9.48. The van der Waals surface area contributed by atoms with Crippen LogP contribution in [0.5, 0.6) is 5.75 Å². The minimum absolute atomic E-state index is 0.109. The number of piperidine rings is 1. The molecular weight excluding hydrogens is 252 g/mol. The van der Waals surface area contributed by atoms with Crippen LogP contribution in [-0.4, -0.2) is 42.4 Å². The van der Waals surface area contributed by atoms with Gasteiger partial charge in [0.05, 0.1) is 6.10 Å². The van der Waals surface area contributed by atoms with Gasteiger partial charge in [0.25, 0.3) is 0 Å². The number of aliphatic hydroxyl groups excluding tert-OH is 1. The summed E-state index contributed by atoms with van der Waals surface area (Å²) in [5, 5.41) is 9.48. The van der Waals surface area contributed by atoms with Crippen LogP contribution in [0.4, 0.5) is 5.69 Å². The van der Waals surface area contributed by atoms with Crippen molar-refractivity contribution in [2.24, 2.45) is 0 Å². The van der Waals surface area contributed by atoms with Gasteiger partial charge in [0.15, 0.2) is 0 Å². The zero-order valence-corrected chi connectivity index (χ0v) is 11.9. The highest BCUT2D eigenvalue weighted by Gasteiger charge is 2.24. The van der Waals surface area contributed by atoms with Crippen LogP contribution >= 0.6 is 0 Å². The fraction of sp³-hybridized carbons (Fsp3) is 0.625. The second-order valence-electron chi connectivity index (χ2n) is 6.03. The van der Waals surface area contributed by atoms with E-state index in [1.807, 2.05) is 6.07 Å². The van der Waals surface area contributed by atoms with E-state index < -0.39 is 0 Å². The number of ether oxygens (including phenoxy) is 1. The number of nitrogens with two attached hydrogens (primary N) is 1. The first kappa shape index (κ1) is 13.7. The summed E-state index contributed by atoms with van der Waals surface area (Å²) in [5.74, 6) is 1.59. The van der Waals surface area contributed by atoms with Crippen molar-refractivity contribution < 1.29 is 9.84 Å². The van der Waals surface area contributed by atoms with Crippen LogP contribution in [0.1, 0.15) is 37.2 Å². The highest BCUT2D eigenvalue weighted by Crippen LogP contribution is 2.41. The summed E-state index contributed by atoms with van der Waals surface area (Å²) < 4.78 is 5.85. The maximum Gasteiger partial charge on any atom is 0.121 e. The van der Waals surface area contributed by atoms with Crippen LogP contribution in [0, 0.1) is 0 Å². The molecule has 0 aromatic heterocycles. The molecule has 0 amide bonds. The molecule has 0 atom stereocenters. The lowest BCUT2D eigenvalue weighted by molar-refractivity contribution is 0.0755. The Morgan fingerprint density at radius 3 is 2.60 bits per heavy atom. The van der Waals surface area contributed by atoms with Gasteiger partial charge in [-0.3, -0.25) is 4.90 Å². The second-order valence-corrected chi connectivity index (χ2v) is 6.03. The van der Waals surface area contributed by atoms with Crippen molar-refractivity contribution in [1.29, 1.82) is 0 Å². The largest absolute Gasteiger partial charge is 0.492 e. The van der Waals surface area contributed by atoms with Crippen LogP contribution < -0.4 is 10.5 Å². The summed E-state index contributed by atoms with van der Waals surface area (Å²) in [4.78, 5) is 2.35. The number of benzene rings is 1. The van der Waals surface area contributed by atoms with Crippen molar-refractivity contribution in [2.45, 2.75) is 37.7 Å². The Balaban J connectivity index is 1.48. The van der Waals surface area contributed by atoms with Gasteiger partial charge in [0.1, 0.15) is 12.4 Å². The molecule has 2 aliphatic rings. The van der Waals surface area contributed by atoms with E-state index in [-0.39, 0.29) is 6.10 Å². The number of rotatable bonds is 5. The van der Waals surface area contributed by atoms with Gasteiger partial charge in [-0.15, -0.1) is 0 Å². The number of aliphatic hydroxyl groups is 1. The Labute approximate surface area is 120 Å². The molecular formula is C16H24N2O2. The zero-order chi connectivity index (χ0) is 13.9. The zero-order valence-electron chi connectivity index (χ0n) is 11.9. The molecule has 3 rings (SSSR count). The number of hydrogen-bond acceptors (Lipinski definition) is 4. The van der Waals surface area contributed by atoms with Gasteiger partial charge in [-0.05, 0) is 49.3 Å². The smallest absolute Gasteiger partial charge is 0.121 e. The molecule has 0 radical (unpaired) electrons. The molecule has 0 spiro atoms. The third kappa shape index (κ3) is 3.64. The first-order chi connectivity index (χ1) is 9.70. The van der Waals surface area contributed by atoms with Crippen molar-refractivity contribution in [1.82, 2.24) is 4.90 Å². The summed E-state index contributed by atoms with van der Waals surface area (Å²) in [5.41, 5.74) is 8.05. The number of anilines is 1. The van der Waals surface area contributed by atoms with E-state index in [9.17, 15) is 5.11 Å². The number of likely N-dealkylation sites (tertiary alicyclic amines) is 1. The Hall–Kier alpha value is -1.26. The normalized spacial score (nSPS) is 21.1. The fourth-order valence-corrected chi connectivity index (χ4v) is 2.82. The molecule has 4 heteroatoms. The Bertz CT molecular complexity index is 452. The van der Waals surface area contributed by atoms with Gasteiger partial charge >= 0.3 is 0 Å². The lowest BCUT2D eigenvalue weighted by Crippen LogP contribution is -2.38. The van der Waals surface area contributed by atoms with Gasteiger partial charge in [-0.1, -0.05) is 0 Å². The third-order valence-electron chi connectivity index (χ3n) is 4.23. The second kappa shape index (κ2) is 6.02. The highest BCUT2D eigenvalue weighted by atomic mass is 16.5. The van der Waals surface area contributed by atoms with E-state index in [0.717, 1.165) is 43.9 Å². The average molecular weight is 276 g/mol. The predicted molar refractivity (Wildman–Crippen MR) is 80.0 cm³/mol. The molecule has 0 bridgehead atoms. The van der Waals surface area contributed by atoms with Crippen molar-refractivity contribution in [3.05, 3.63) is 23.8 Å². The van der Waals surface area contributed by atoms with Crippen LogP contribution in [0.15, 0.2) is 18.2 Å². The van der Waals surface area contributed by atoms with E-state index in [0.29, 0.717) is 12.5 Å². The molecule has 1 heterocycles. The van der Waals surface area contributed by atoms with Crippen LogP contribution in [-0.2, 0) is 0 Å². The number of nitrogens with zero attached hydrogens (tertiary/aromatic N) is 1. The SMILES string of the molecule is Nc1cc(OCCN2CCC(O)CC2)cc(C2CC2)c1. The summed E-state index contributed by atoms with van der Waals surface area (Å²) in [6.45, 7) is 3.54. The quantitative estimate of drug-likeness (QED) is 0.807. The van der Waals surface area contributed by atoms with Gasteiger partial charge in [-0.2, -0.15) is 0 Å². The molecule has 0 unspecified atom stereocenters. The molecule has 1 aromatic rings. The molecule has 3 N–H and O–H groups in total. The van der Waals surface area contributed by atoms with E-state index in [1.54, 1.807) is 0 Å². The predicted octanol–water partition coefficient (Wildman–Crippen LogP) is 1.98. The van der Waals surface area contributed by atoms with E-state index >= 15 is 0 Å². The van der Waals surface area contributed by atoms with Crippen LogP contribution in [0.3, 0.4) is 0 Å². The molecule has 4 nitrogen and oxygen atoms in total. The highest BCUT2D eigenvalue weighted by molar-refractivity contribution is 5.49. The van der Waals surface area contributed by atoms with E-state index in [4.69, 9.17) is 10.5 Å². The average Bonchev–Trinajstić information content (AvgIpc) is 3.25.